The number of amides is 1. The van der Waals surface area contributed by atoms with E-state index in [1.54, 1.807) is 0 Å². The van der Waals surface area contributed by atoms with Gasteiger partial charge in [0.15, 0.2) is 0 Å². The van der Waals surface area contributed by atoms with Gasteiger partial charge in [-0.05, 0) is 70.6 Å². The van der Waals surface area contributed by atoms with Gasteiger partial charge in [-0.25, -0.2) is 0 Å². The molecule has 0 fully saturated rings. The highest BCUT2D eigenvalue weighted by atomic mass is 16.5. The third-order valence-electron chi connectivity index (χ3n) is 11.1. The molecule has 0 bridgehead atoms. The number of rotatable bonds is 44. The van der Waals surface area contributed by atoms with E-state index in [2.05, 4.69) is 99.0 Å². The van der Waals surface area contributed by atoms with Gasteiger partial charge in [0, 0.05) is 6.42 Å². The molecule has 0 heterocycles. The molecule has 0 aliphatic heterocycles. The second-order valence-electron chi connectivity index (χ2n) is 17.0. The fraction of sp³-hybridized carbons (Fsp3) is 0.679. The van der Waals surface area contributed by atoms with Crippen LogP contribution in [-0.2, 0) is 14.3 Å². The summed E-state index contributed by atoms with van der Waals surface area (Å²) in [5, 5.41) is 23.7. The SMILES string of the molecule is CCC/C=C/C=C/C=C/C=C/C=C/CCCCCCCC(=O)OC(CCCCC/C=C/C=C/C=C/CCCCCCC)CC(=O)NC(CO)C(O)CCCCCCCCCCC. The molecule has 354 valence electrons. The van der Waals surface area contributed by atoms with Crippen LogP contribution < -0.4 is 5.32 Å². The monoisotopic (exact) mass is 862 g/mol. The second-order valence-corrected chi connectivity index (χ2v) is 17.0. The van der Waals surface area contributed by atoms with Crippen LogP contribution >= 0.6 is 0 Å². The van der Waals surface area contributed by atoms with Crippen molar-refractivity contribution in [2.75, 3.05) is 6.61 Å². The minimum atomic E-state index is -0.806. The fourth-order valence-corrected chi connectivity index (χ4v) is 7.17. The highest BCUT2D eigenvalue weighted by Gasteiger charge is 2.24. The van der Waals surface area contributed by atoms with Crippen LogP contribution in [0.3, 0.4) is 0 Å². The number of aliphatic hydroxyl groups excluding tert-OH is 2. The van der Waals surface area contributed by atoms with Gasteiger partial charge in [0.1, 0.15) is 6.10 Å². The summed E-state index contributed by atoms with van der Waals surface area (Å²) >= 11 is 0. The summed E-state index contributed by atoms with van der Waals surface area (Å²) < 4.78 is 5.91. The van der Waals surface area contributed by atoms with Crippen molar-refractivity contribution in [1.29, 1.82) is 0 Å². The van der Waals surface area contributed by atoms with Crippen molar-refractivity contribution >= 4 is 11.9 Å². The standard InChI is InChI=1S/C56H95NO5/c1-4-7-10-13-16-19-21-23-25-27-28-30-32-34-37-40-43-46-49-56(61)62-52(47-44-41-38-36-33-31-29-26-24-22-20-17-14-11-8-5-2)50-55(60)57-53(51-58)54(59)48-45-42-39-35-18-15-12-9-6-3/h10,13,16,19,21-31,33,52-54,58-59H,4-9,11-12,14-15,17-18,20,32,34-51H2,1-3H3,(H,57,60)/b13-10+,19-16+,23-21+,24-22+,27-25+,29-26+,30-28+,33-31+. The molecule has 0 spiro atoms. The predicted molar refractivity (Wildman–Crippen MR) is 268 cm³/mol. The number of nitrogens with one attached hydrogen (secondary N) is 1. The van der Waals surface area contributed by atoms with E-state index >= 15 is 0 Å². The molecule has 0 saturated carbocycles. The van der Waals surface area contributed by atoms with Crippen molar-refractivity contribution in [3.8, 4) is 0 Å². The summed E-state index contributed by atoms with van der Waals surface area (Å²) in [6.07, 6.45) is 64.6. The summed E-state index contributed by atoms with van der Waals surface area (Å²) in [6.45, 7) is 6.33. The minimum Gasteiger partial charge on any atom is -0.462 e. The summed E-state index contributed by atoms with van der Waals surface area (Å²) in [5.41, 5.74) is 0. The first kappa shape index (κ1) is 58.8. The van der Waals surface area contributed by atoms with Crippen molar-refractivity contribution in [2.24, 2.45) is 0 Å². The normalized spacial score (nSPS) is 14.1. The lowest BCUT2D eigenvalue weighted by Gasteiger charge is -2.24. The largest absolute Gasteiger partial charge is 0.462 e. The van der Waals surface area contributed by atoms with Crippen LogP contribution in [0, 0.1) is 0 Å². The van der Waals surface area contributed by atoms with Gasteiger partial charge in [-0.1, -0.05) is 234 Å². The molecule has 3 N–H and O–H groups in total. The average Bonchev–Trinajstić information content (AvgIpc) is 3.26. The Kier molecular flexibility index (Phi) is 46.3. The van der Waals surface area contributed by atoms with Crippen molar-refractivity contribution in [2.45, 2.75) is 238 Å². The number of hydrogen-bond donors (Lipinski definition) is 3. The molecule has 0 rings (SSSR count). The van der Waals surface area contributed by atoms with E-state index in [-0.39, 0.29) is 24.9 Å². The minimum absolute atomic E-state index is 0.0384. The summed E-state index contributed by atoms with van der Waals surface area (Å²) in [5.74, 6) is -0.545. The summed E-state index contributed by atoms with van der Waals surface area (Å²) in [4.78, 5) is 26.1. The lowest BCUT2D eigenvalue weighted by atomic mass is 10.0. The molecule has 0 aromatic rings. The van der Waals surface area contributed by atoms with Gasteiger partial charge >= 0.3 is 5.97 Å². The number of carbonyl (C=O) groups is 2. The Hall–Kier alpha value is -3.22. The molecular formula is C56H95NO5. The van der Waals surface area contributed by atoms with Gasteiger partial charge in [0.2, 0.25) is 5.91 Å². The Labute approximate surface area is 382 Å². The van der Waals surface area contributed by atoms with Crippen molar-refractivity contribution in [3.05, 3.63) is 97.2 Å². The molecule has 3 atom stereocenters. The van der Waals surface area contributed by atoms with Crippen LogP contribution in [0.2, 0.25) is 0 Å². The highest BCUT2D eigenvalue weighted by Crippen LogP contribution is 2.17. The quantitative estimate of drug-likeness (QED) is 0.0322. The van der Waals surface area contributed by atoms with Crippen LogP contribution in [0.4, 0.5) is 0 Å². The first-order valence-electron chi connectivity index (χ1n) is 25.6. The molecule has 1 amide bonds. The fourth-order valence-electron chi connectivity index (χ4n) is 7.17. The van der Waals surface area contributed by atoms with Gasteiger partial charge in [-0.3, -0.25) is 9.59 Å². The van der Waals surface area contributed by atoms with E-state index in [0.29, 0.717) is 19.3 Å². The zero-order valence-corrected chi connectivity index (χ0v) is 40.2. The number of allylic oxidation sites excluding steroid dienone is 16. The Morgan fingerprint density at radius 2 is 0.855 bits per heavy atom. The number of unbranched alkanes of at least 4 members (excludes halogenated alkanes) is 22. The first-order valence-corrected chi connectivity index (χ1v) is 25.6. The van der Waals surface area contributed by atoms with Gasteiger partial charge in [0.25, 0.3) is 0 Å². The van der Waals surface area contributed by atoms with E-state index in [0.717, 1.165) is 96.3 Å². The summed E-state index contributed by atoms with van der Waals surface area (Å²) in [7, 11) is 0. The Balaban J connectivity index is 4.73. The lowest BCUT2D eigenvalue weighted by molar-refractivity contribution is -0.151. The Bertz CT molecular complexity index is 1240. The van der Waals surface area contributed by atoms with E-state index in [9.17, 15) is 19.8 Å². The maximum absolute atomic E-state index is 13.2. The maximum atomic E-state index is 13.2. The van der Waals surface area contributed by atoms with Gasteiger partial charge in [-0.15, -0.1) is 0 Å². The molecule has 6 nitrogen and oxygen atoms in total. The van der Waals surface area contributed by atoms with Crippen LogP contribution in [0.1, 0.15) is 220 Å². The van der Waals surface area contributed by atoms with E-state index < -0.39 is 18.2 Å². The molecule has 0 aliphatic carbocycles. The number of aliphatic hydroxyl groups is 2. The first-order chi connectivity index (χ1) is 30.5. The van der Waals surface area contributed by atoms with Crippen LogP contribution in [-0.4, -0.2) is 46.9 Å². The average molecular weight is 862 g/mol. The van der Waals surface area contributed by atoms with Gasteiger partial charge in [-0.2, -0.15) is 0 Å². The molecule has 6 heteroatoms. The van der Waals surface area contributed by atoms with Gasteiger partial charge < -0.3 is 20.3 Å². The molecular weight excluding hydrogens is 767 g/mol. The van der Waals surface area contributed by atoms with E-state index in [1.165, 1.54) is 77.0 Å². The maximum Gasteiger partial charge on any atom is 0.306 e. The molecule has 3 unspecified atom stereocenters. The topological polar surface area (TPSA) is 95.9 Å². The van der Waals surface area contributed by atoms with Gasteiger partial charge in [0.05, 0.1) is 25.2 Å². The molecule has 0 radical (unpaired) electrons. The smallest absolute Gasteiger partial charge is 0.306 e. The van der Waals surface area contributed by atoms with Crippen LogP contribution in [0.25, 0.3) is 0 Å². The molecule has 0 aliphatic rings. The number of esters is 1. The number of ether oxygens (including phenoxy) is 1. The zero-order valence-electron chi connectivity index (χ0n) is 40.2. The van der Waals surface area contributed by atoms with E-state index in [4.69, 9.17) is 4.74 Å². The van der Waals surface area contributed by atoms with Crippen LogP contribution in [0.5, 0.6) is 0 Å². The Morgan fingerprint density at radius 1 is 0.468 bits per heavy atom. The number of carbonyl (C=O) groups excluding carboxylic acids is 2. The molecule has 62 heavy (non-hydrogen) atoms. The predicted octanol–water partition coefficient (Wildman–Crippen LogP) is 15.3. The third-order valence-corrected chi connectivity index (χ3v) is 11.1. The highest BCUT2D eigenvalue weighted by molar-refractivity contribution is 5.77. The zero-order chi connectivity index (χ0) is 45.2. The lowest BCUT2D eigenvalue weighted by Crippen LogP contribution is -2.46. The second kappa shape index (κ2) is 48.8. The molecule has 0 aromatic heterocycles. The third kappa shape index (κ3) is 43.4. The molecule has 0 aromatic carbocycles. The van der Waals surface area contributed by atoms with Crippen LogP contribution in [0.15, 0.2) is 97.2 Å². The Morgan fingerprint density at radius 3 is 1.32 bits per heavy atom. The summed E-state index contributed by atoms with van der Waals surface area (Å²) in [6, 6.07) is -0.723. The molecule has 0 saturated heterocycles. The van der Waals surface area contributed by atoms with Crippen molar-refractivity contribution in [1.82, 2.24) is 5.32 Å². The van der Waals surface area contributed by atoms with E-state index in [1.807, 2.05) is 24.3 Å². The van der Waals surface area contributed by atoms with Crippen molar-refractivity contribution < 1.29 is 24.5 Å². The number of hydrogen-bond acceptors (Lipinski definition) is 5. The van der Waals surface area contributed by atoms with Crippen molar-refractivity contribution in [3.63, 3.8) is 0 Å².